The zero-order chi connectivity index (χ0) is 31.8. The molecule has 1 fully saturated rings. The molecule has 0 radical (unpaired) electrons. The maximum absolute atomic E-state index is 13.6. The maximum atomic E-state index is 13.6. The lowest BCUT2D eigenvalue weighted by Gasteiger charge is -2.34. The van der Waals surface area contributed by atoms with Crippen molar-refractivity contribution in [3.63, 3.8) is 0 Å². The minimum absolute atomic E-state index is 0.0138. The number of amides is 3. The largest absolute Gasteiger partial charge is 0.488 e. The number of carbonyl (C=O) groups excluding carboxylic acids is 2. The van der Waals surface area contributed by atoms with Crippen molar-refractivity contribution in [2.75, 3.05) is 68.6 Å². The second-order valence-electron chi connectivity index (χ2n) is 11.8. The predicted octanol–water partition coefficient (Wildman–Crippen LogP) is 3.24. The zero-order valence-corrected chi connectivity index (χ0v) is 26.2. The highest BCUT2D eigenvalue weighted by molar-refractivity contribution is 6.00. The standard InChI is InChI=1S/C33H43N7O5/c1-23-19-40(24(2)22-41)32(42)17-26-16-27(4-5-29(26)45-30(23)21-38(3)20-25-6-9-34-10-7-25)36-33(43)37-28-8-11-35-31(18-28)39-12-14-44-15-13-39/h4-11,16,18,23-24,30,41H,12-15,17,19-22H2,1-3H3,(H2,35,36,37,43)/t23-,24+,30?/m1/s1. The van der Waals surface area contributed by atoms with Gasteiger partial charge in [-0.1, -0.05) is 6.92 Å². The summed E-state index contributed by atoms with van der Waals surface area (Å²) in [6.07, 6.45) is 5.08. The summed E-state index contributed by atoms with van der Waals surface area (Å²) in [5.74, 6) is 1.26. The van der Waals surface area contributed by atoms with Gasteiger partial charge in [-0.15, -0.1) is 0 Å². The van der Waals surface area contributed by atoms with Gasteiger partial charge < -0.3 is 35.0 Å². The van der Waals surface area contributed by atoms with Crippen LogP contribution >= 0.6 is 0 Å². The van der Waals surface area contributed by atoms with Crippen LogP contribution in [0, 0.1) is 5.92 Å². The molecule has 3 aromatic rings. The number of pyridine rings is 2. The quantitative estimate of drug-likeness (QED) is 0.331. The number of fused-ring (bicyclic) bond motifs is 1. The molecule has 0 aliphatic carbocycles. The normalized spacial score (nSPS) is 19.5. The summed E-state index contributed by atoms with van der Waals surface area (Å²) in [5, 5.41) is 15.7. The summed E-state index contributed by atoms with van der Waals surface area (Å²) in [4.78, 5) is 41.2. The van der Waals surface area contributed by atoms with Gasteiger partial charge in [0, 0.05) is 80.2 Å². The second-order valence-corrected chi connectivity index (χ2v) is 11.8. The molecular formula is C33H43N7O5. The van der Waals surface area contributed by atoms with E-state index >= 15 is 0 Å². The van der Waals surface area contributed by atoms with E-state index in [0.29, 0.717) is 49.0 Å². The summed E-state index contributed by atoms with van der Waals surface area (Å²) in [6.45, 7) is 8.36. The molecule has 0 bridgehead atoms. The minimum Gasteiger partial charge on any atom is -0.488 e. The Hall–Kier alpha value is -4.26. The van der Waals surface area contributed by atoms with Crippen LogP contribution in [0.3, 0.4) is 0 Å². The lowest BCUT2D eigenvalue weighted by molar-refractivity contribution is -0.134. The van der Waals surface area contributed by atoms with Gasteiger partial charge in [-0.2, -0.15) is 0 Å². The molecule has 5 rings (SSSR count). The predicted molar refractivity (Wildman–Crippen MR) is 172 cm³/mol. The van der Waals surface area contributed by atoms with Crippen LogP contribution < -0.4 is 20.3 Å². The van der Waals surface area contributed by atoms with E-state index in [4.69, 9.17) is 9.47 Å². The fourth-order valence-electron chi connectivity index (χ4n) is 5.65. The number of aliphatic hydroxyl groups excluding tert-OH is 1. The van der Waals surface area contributed by atoms with Crippen LogP contribution in [0.2, 0.25) is 0 Å². The molecular weight excluding hydrogens is 574 g/mol. The fraction of sp³-hybridized carbons (Fsp3) is 0.455. The number of urea groups is 1. The molecule has 2 aromatic heterocycles. The van der Waals surface area contributed by atoms with E-state index < -0.39 is 6.03 Å². The highest BCUT2D eigenvalue weighted by Gasteiger charge is 2.31. The molecule has 12 nitrogen and oxygen atoms in total. The number of hydrogen-bond acceptors (Lipinski definition) is 9. The van der Waals surface area contributed by atoms with Gasteiger partial charge in [0.15, 0.2) is 0 Å². The van der Waals surface area contributed by atoms with Crippen molar-refractivity contribution in [2.45, 2.75) is 39.0 Å². The monoisotopic (exact) mass is 617 g/mol. The summed E-state index contributed by atoms with van der Waals surface area (Å²) in [6, 6.07) is 12.2. The minimum atomic E-state index is -0.413. The number of anilines is 3. The molecule has 3 atom stereocenters. The third-order valence-electron chi connectivity index (χ3n) is 8.21. The first-order chi connectivity index (χ1) is 21.8. The van der Waals surface area contributed by atoms with Crippen molar-refractivity contribution in [2.24, 2.45) is 5.92 Å². The van der Waals surface area contributed by atoms with Crippen molar-refractivity contribution in [1.29, 1.82) is 0 Å². The highest BCUT2D eigenvalue weighted by atomic mass is 16.5. The zero-order valence-electron chi connectivity index (χ0n) is 26.2. The molecule has 2 aliphatic rings. The molecule has 3 amide bonds. The van der Waals surface area contributed by atoms with E-state index in [1.54, 1.807) is 41.7 Å². The van der Waals surface area contributed by atoms with Crippen LogP contribution in [0.1, 0.15) is 25.0 Å². The molecule has 0 saturated carbocycles. The first-order valence-corrected chi connectivity index (χ1v) is 15.4. The molecule has 1 aromatic carbocycles. The van der Waals surface area contributed by atoms with Gasteiger partial charge >= 0.3 is 6.03 Å². The number of ether oxygens (including phenoxy) is 2. The Morgan fingerprint density at radius 3 is 2.56 bits per heavy atom. The van der Waals surface area contributed by atoms with Crippen molar-refractivity contribution in [1.82, 2.24) is 19.8 Å². The number of likely N-dealkylation sites (N-methyl/N-ethyl adjacent to an activating group) is 1. The third-order valence-corrected chi connectivity index (χ3v) is 8.21. The lowest BCUT2D eigenvalue weighted by atomic mass is 10.0. The number of morpholine rings is 1. The van der Waals surface area contributed by atoms with Crippen molar-refractivity contribution in [3.8, 4) is 5.75 Å². The molecule has 4 heterocycles. The summed E-state index contributed by atoms with van der Waals surface area (Å²) >= 11 is 0. The van der Waals surface area contributed by atoms with Gasteiger partial charge in [-0.05, 0) is 55.9 Å². The average molecular weight is 618 g/mol. The van der Waals surface area contributed by atoms with Crippen LogP contribution in [-0.4, -0.2) is 102 Å². The molecule has 3 N–H and O–H groups in total. The van der Waals surface area contributed by atoms with E-state index in [1.165, 1.54) is 0 Å². The van der Waals surface area contributed by atoms with Crippen LogP contribution in [-0.2, 0) is 22.5 Å². The Balaban J connectivity index is 1.32. The number of hydrogen-bond donors (Lipinski definition) is 3. The van der Waals surface area contributed by atoms with Crippen LogP contribution in [0.4, 0.5) is 22.0 Å². The fourth-order valence-corrected chi connectivity index (χ4v) is 5.65. The summed E-state index contributed by atoms with van der Waals surface area (Å²) in [5.41, 5.74) is 2.96. The molecule has 0 spiro atoms. The molecule has 1 unspecified atom stereocenters. The third kappa shape index (κ3) is 8.68. The highest BCUT2D eigenvalue weighted by Crippen LogP contribution is 2.29. The van der Waals surface area contributed by atoms with Crippen LogP contribution in [0.5, 0.6) is 5.75 Å². The Bertz CT molecular complexity index is 1440. The summed E-state index contributed by atoms with van der Waals surface area (Å²) < 4.78 is 12.1. The van der Waals surface area contributed by atoms with Gasteiger partial charge in [0.25, 0.3) is 0 Å². The number of benzene rings is 1. The van der Waals surface area contributed by atoms with Gasteiger partial charge in [0.2, 0.25) is 5.91 Å². The number of nitrogens with zero attached hydrogens (tertiary/aromatic N) is 5. The topological polar surface area (TPSA) is 132 Å². The molecule has 240 valence electrons. The Kier molecular flexibility index (Phi) is 10.8. The second kappa shape index (κ2) is 15.2. The van der Waals surface area contributed by atoms with Crippen molar-refractivity contribution >= 4 is 29.1 Å². The average Bonchev–Trinajstić information content (AvgIpc) is 3.09. The van der Waals surface area contributed by atoms with Gasteiger partial charge in [0.05, 0.1) is 32.3 Å². The summed E-state index contributed by atoms with van der Waals surface area (Å²) in [7, 11) is 2.04. The lowest BCUT2D eigenvalue weighted by Crippen LogP contribution is -2.47. The molecule has 2 aliphatic heterocycles. The van der Waals surface area contributed by atoms with Crippen LogP contribution in [0.25, 0.3) is 0 Å². The number of aromatic nitrogens is 2. The Morgan fingerprint density at radius 1 is 1.09 bits per heavy atom. The van der Waals surface area contributed by atoms with E-state index in [9.17, 15) is 14.7 Å². The van der Waals surface area contributed by atoms with Gasteiger partial charge in [-0.3, -0.25) is 14.7 Å². The smallest absolute Gasteiger partial charge is 0.323 e. The Morgan fingerprint density at radius 2 is 1.82 bits per heavy atom. The number of rotatable bonds is 9. The maximum Gasteiger partial charge on any atom is 0.323 e. The van der Waals surface area contributed by atoms with Crippen molar-refractivity contribution in [3.05, 3.63) is 72.2 Å². The number of carbonyl (C=O) groups is 2. The first kappa shape index (κ1) is 32.1. The SMILES string of the molecule is C[C@@H]1CN([C@@H](C)CO)C(=O)Cc2cc(NC(=O)Nc3ccnc(N4CCOCC4)c3)ccc2OC1CN(C)Cc1ccncc1. The van der Waals surface area contributed by atoms with E-state index in [-0.39, 0.29) is 37.0 Å². The van der Waals surface area contributed by atoms with E-state index in [2.05, 4.69) is 37.3 Å². The van der Waals surface area contributed by atoms with Crippen molar-refractivity contribution < 1.29 is 24.2 Å². The number of nitrogens with one attached hydrogen (secondary N) is 2. The molecule has 1 saturated heterocycles. The number of aliphatic hydroxyl groups is 1. The van der Waals surface area contributed by atoms with Gasteiger partial charge in [0.1, 0.15) is 17.7 Å². The van der Waals surface area contributed by atoms with Gasteiger partial charge in [-0.25, -0.2) is 9.78 Å². The molecule has 45 heavy (non-hydrogen) atoms. The van der Waals surface area contributed by atoms with E-state index in [0.717, 1.165) is 31.0 Å². The first-order valence-electron chi connectivity index (χ1n) is 15.4. The molecule has 12 heteroatoms. The van der Waals surface area contributed by atoms with Crippen LogP contribution in [0.15, 0.2) is 61.1 Å². The van der Waals surface area contributed by atoms with E-state index in [1.807, 2.05) is 38.2 Å². The Labute approximate surface area is 264 Å².